The summed E-state index contributed by atoms with van der Waals surface area (Å²) in [6.07, 6.45) is 0. The third-order valence-corrected chi connectivity index (χ3v) is 2.89. The molecule has 0 heterocycles. The molecule has 3 heteroatoms. The van der Waals surface area contributed by atoms with E-state index in [1.54, 1.807) is 0 Å². The lowest BCUT2D eigenvalue weighted by Gasteiger charge is -2.17. The van der Waals surface area contributed by atoms with Crippen LogP contribution in [-0.4, -0.2) is 25.0 Å². The molecule has 1 N–H and O–H groups in total. The molecule has 0 spiro atoms. The highest BCUT2D eigenvalue weighted by atomic mass is 35.5. The highest BCUT2D eigenvalue weighted by molar-refractivity contribution is 5.85. The molecule has 0 saturated carbocycles. The average molecular weight is 277 g/mol. The van der Waals surface area contributed by atoms with Crippen molar-refractivity contribution in [1.29, 1.82) is 0 Å². The second-order valence-electron chi connectivity index (χ2n) is 4.52. The predicted octanol–water partition coefficient (Wildman–Crippen LogP) is 3.65. The Morgan fingerprint density at radius 2 is 1.47 bits per heavy atom. The van der Waals surface area contributed by atoms with Gasteiger partial charge in [-0.25, -0.2) is 0 Å². The molecule has 2 rings (SSSR count). The lowest BCUT2D eigenvalue weighted by molar-refractivity contribution is 0.340. The van der Waals surface area contributed by atoms with Crippen LogP contribution >= 0.6 is 12.4 Å². The van der Waals surface area contributed by atoms with E-state index in [0.29, 0.717) is 0 Å². The Morgan fingerprint density at radius 1 is 0.895 bits per heavy atom. The fraction of sp³-hybridized carbons (Fsp3) is 0.250. The van der Waals surface area contributed by atoms with Crippen molar-refractivity contribution in [1.82, 2.24) is 4.90 Å². The van der Waals surface area contributed by atoms with Gasteiger partial charge in [0, 0.05) is 25.3 Å². The van der Waals surface area contributed by atoms with Crippen LogP contribution in [0.1, 0.15) is 5.56 Å². The van der Waals surface area contributed by atoms with Crippen LogP contribution in [0.4, 0.5) is 5.69 Å². The molecule has 0 atom stereocenters. The normalized spacial score (nSPS) is 10.0. The van der Waals surface area contributed by atoms with Gasteiger partial charge in [0.1, 0.15) is 0 Å². The van der Waals surface area contributed by atoms with E-state index in [2.05, 4.69) is 71.9 Å². The SMILES string of the molecule is CN(CCNc1ccccc1)Cc1ccccc1.Cl. The van der Waals surface area contributed by atoms with Gasteiger partial charge in [-0.1, -0.05) is 48.5 Å². The summed E-state index contributed by atoms with van der Waals surface area (Å²) in [7, 11) is 2.15. The molecule has 0 fully saturated rings. The minimum atomic E-state index is 0. The average Bonchev–Trinajstić information content (AvgIpc) is 2.41. The number of rotatable bonds is 6. The molecule has 102 valence electrons. The van der Waals surface area contributed by atoms with Gasteiger partial charge in [-0.2, -0.15) is 0 Å². The Kier molecular flexibility index (Phi) is 7.01. The number of benzene rings is 2. The molecule has 0 radical (unpaired) electrons. The standard InChI is InChI=1S/C16H20N2.ClH/c1-18(14-15-8-4-2-5-9-15)13-12-17-16-10-6-3-7-11-16;/h2-11,17H,12-14H2,1H3;1H. The minimum Gasteiger partial charge on any atom is -0.384 e. The van der Waals surface area contributed by atoms with Gasteiger partial charge in [0.05, 0.1) is 0 Å². The topological polar surface area (TPSA) is 15.3 Å². The van der Waals surface area contributed by atoms with Crippen molar-refractivity contribution in [2.45, 2.75) is 6.54 Å². The highest BCUT2D eigenvalue weighted by Gasteiger charge is 1.99. The van der Waals surface area contributed by atoms with Crippen molar-refractivity contribution in [2.24, 2.45) is 0 Å². The molecule has 0 aliphatic rings. The number of hydrogen-bond donors (Lipinski definition) is 1. The van der Waals surface area contributed by atoms with Gasteiger partial charge in [0.25, 0.3) is 0 Å². The van der Waals surface area contributed by atoms with Crippen molar-refractivity contribution in [3.8, 4) is 0 Å². The maximum absolute atomic E-state index is 3.42. The predicted molar refractivity (Wildman–Crippen MR) is 85.0 cm³/mol. The summed E-state index contributed by atoms with van der Waals surface area (Å²) in [5.41, 5.74) is 2.55. The van der Waals surface area contributed by atoms with Crippen molar-refractivity contribution in [2.75, 3.05) is 25.5 Å². The van der Waals surface area contributed by atoms with Crippen LogP contribution in [0.5, 0.6) is 0 Å². The minimum absolute atomic E-state index is 0. The van der Waals surface area contributed by atoms with E-state index < -0.39 is 0 Å². The number of likely N-dealkylation sites (N-methyl/N-ethyl adjacent to an activating group) is 1. The number of halogens is 1. The fourth-order valence-corrected chi connectivity index (χ4v) is 1.92. The van der Waals surface area contributed by atoms with Crippen molar-refractivity contribution in [3.63, 3.8) is 0 Å². The number of nitrogens with zero attached hydrogens (tertiary/aromatic N) is 1. The number of anilines is 1. The van der Waals surface area contributed by atoms with Crippen LogP contribution in [-0.2, 0) is 6.54 Å². The highest BCUT2D eigenvalue weighted by Crippen LogP contribution is 2.05. The van der Waals surface area contributed by atoms with Gasteiger partial charge in [-0.05, 0) is 24.7 Å². The van der Waals surface area contributed by atoms with Gasteiger partial charge in [-0.15, -0.1) is 12.4 Å². The number of hydrogen-bond acceptors (Lipinski definition) is 2. The summed E-state index contributed by atoms with van der Waals surface area (Å²) >= 11 is 0. The van der Waals surface area contributed by atoms with Crippen molar-refractivity contribution < 1.29 is 0 Å². The molecular weight excluding hydrogens is 256 g/mol. The second-order valence-corrected chi connectivity index (χ2v) is 4.52. The van der Waals surface area contributed by atoms with E-state index in [4.69, 9.17) is 0 Å². The van der Waals surface area contributed by atoms with Crippen LogP contribution in [0.3, 0.4) is 0 Å². The van der Waals surface area contributed by atoms with E-state index in [1.807, 2.05) is 6.07 Å². The Hall–Kier alpha value is -1.51. The monoisotopic (exact) mass is 276 g/mol. The first kappa shape index (κ1) is 15.5. The summed E-state index contributed by atoms with van der Waals surface area (Å²) in [6, 6.07) is 20.9. The first-order chi connectivity index (χ1) is 8.84. The fourth-order valence-electron chi connectivity index (χ4n) is 1.92. The second kappa shape index (κ2) is 8.57. The van der Waals surface area contributed by atoms with Crippen molar-refractivity contribution >= 4 is 18.1 Å². The van der Waals surface area contributed by atoms with Crippen LogP contribution in [0.25, 0.3) is 0 Å². The Morgan fingerprint density at radius 3 is 2.11 bits per heavy atom. The lowest BCUT2D eigenvalue weighted by atomic mass is 10.2. The van der Waals surface area contributed by atoms with Crippen LogP contribution in [0.2, 0.25) is 0 Å². The molecule has 0 aliphatic carbocycles. The third-order valence-electron chi connectivity index (χ3n) is 2.89. The Balaban J connectivity index is 0.00000180. The largest absolute Gasteiger partial charge is 0.384 e. The number of para-hydroxylation sites is 1. The van der Waals surface area contributed by atoms with Gasteiger partial charge in [-0.3, -0.25) is 0 Å². The molecular formula is C16H21ClN2. The maximum atomic E-state index is 3.42. The smallest absolute Gasteiger partial charge is 0.0340 e. The molecule has 0 aliphatic heterocycles. The lowest BCUT2D eigenvalue weighted by Crippen LogP contribution is -2.24. The van der Waals surface area contributed by atoms with E-state index in [9.17, 15) is 0 Å². The molecule has 0 bridgehead atoms. The van der Waals surface area contributed by atoms with E-state index in [0.717, 1.165) is 19.6 Å². The van der Waals surface area contributed by atoms with Crippen molar-refractivity contribution in [3.05, 3.63) is 66.2 Å². The van der Waals surface area contributed by atoms with Crippen LogP contribution < -0.4 is 5.32 Å². The van der Waals surface area contributed by atoms with Gasteiger partial charge < -0.3 is 10.2 Å². The summed E-state index contributed by atoms with van der Waals surface area (Å²) < 4.78 is 0. The maximum Gasteiger partial charge on any atom is 0.0340 e. The third kappa shape index (κ3) is 5.77. The molecule has 2 nitrogen and oxygen atoms in total. The first-order valence-electron chi connectivity index (χ1n) is 6.36. The first-order valence-corrected chi connectivity index (χ1v) is 6.36. The zero-order valence-electron chi connectivity index (χ0n) is 11.3. The van der Waals surface area contributed by atoms with Crippen LogP contribution in [0.15, 0.2) is 60.7 Å². The quantitative estimate of drug-likeness (QED) is 0.866. The van der Waals surface area contributed by atoms with Crippen LogP contribution in [0, 0.1) is 0 Å². The number of nitrogens with one attached hydrogen (secondary N) is 1. The molecule has 2 aromatic carbocycles. The van der Waals surface area contributed by atoms with E-state index >= 15 is 0 Å². The molecule has 19 heavy (non-hydrogen) atoms. The van der Waals surface area contributed by atoms with Gasteiger partial charge >= 0.3 is 0 Å². The molecule has 0 amide bonds. The molecule has 2 aromatic rings. The summed E-state index contributed by atoms with van der Waals surface area (Å²) in [6.45, 7) is 2.99. The molecule has 0 unspecified atom stereocenters. The van der Waals surface area contributed by atoms with E-state index in [1.165, 1.54) is 11.3 Å². The molecule has 0 aromatic heterocycles. The van der Waals surface area contributed by atoms with E-state index in [-0.39, 0.29) is 12.4 Å². The van der Waals surface area contributed by atoms with Gasteiger partial charge in [0.2, 0.25) is 0 Å². The zero-order valence-corrected chi connectivity index (χ0v) is 12.1. The summed E-state index contributed by atoms with van der Waals surface area (Å²) in [5, 5.41) is 3.42. The summed E-state index contributed by atoms with van der Waals surface area (Å²) in [4.78, 5) is 2.32. The Labute approximate surface area is 121 Å². The zero-order chi connectivity index (χ0) is 12.6. The summed E-state index contributed by atoms with van der Waals surface area (Å²) in [5.74, 6) is 0. The Bertz CT molecular complexity index is 445. The van der Waals surface area contributed by atoms with Gasteiger partial charge in [0.15, 0.2) is 0 Å². The molecule has 0 saturated heterocycles.